The van der Waals surface area contributed by atoms with Gasteiger partial charge in [-0.25, -0.2) is 4.79 Å². The van der Waals surface area contributed by atoms with Gasteiger partial charge >= 0.3 is 6.09 Å². The van der Waals surface area contributed by atoms with Crippen molar-refractivity contribution < 1.29 is 18.8 Å². The minimum atomic E-state index is -0.203. The Bertz CT molecular complexity index is 712. The van der Waals surface area contributed by atoms with E-state index in [2.05, 4.69) is 10.1 Å². The third kappa shape index (κ3) is 4.24. The lowest BCUT2D eigenvalue weighted by Crippen LogP contribution is -2.42. The molecule has 0 radical (unpaired) electrons. The summed E-state index contributed by atoms with van der Waals surface area (Å²) in [5, 5.41) is 8.06. The highest BCUT2D eigenvalue weighted by Gasteiger charge is 2.28. The Balaban J connectivity index is 1.31. The summed E-state index contributed by atoms with van der Waals surface area (Å²) in [6.07, 6.45) is 4.08. The van der Waals surface area contributed by atoms with E-state index in [-0.39, 0.29) is 12.2 Å². The third-order valence-corrected chi connectivity index (χ3v) is 5.61. The monoisotopic (exact) mass is 377 g/mol. The van der Waals surface area contributed by atoms with Gasteiger partial charge in [-0.1, -0.05) is 5.16 Å². The quantitative estimate of drug-likeness (QED) is 0.813. The second kappa shape index (κ2) is 8.18. The van der Waals surface area contributed by atoms with Crippen molar-refractivity contribution >= 4 is 17.4 Å². The summed E-state index contributed by atoms with van der Waals surface area (Å²) in [5.74, 6) is 1.59. The molecule has 1 atom stereocenters. The van der Waals surface area contributed by atoms with Crippen molar-refractivity contribution in [2.75, 3.05) is 26.3 Å². The first-order valence-electron chi connectivity index (χ1n) is 9.16. The molecular formula is C18H23N3O4S. The van der Waals surface area contributed by atoms with Crippen LogP contribution in [-0.4, -0.2) is 53.5 Å². The molecule has 2 saturated heterocycles. The van der Waals surface area contributed by atoms with Crippen LogP contribution in [0.3, 0.4) is 0 Å². The molecule has 0 spiro atoms. The molecule has 0 bridgehead atoms. The summed E-state index contributed by atoms with van der Waals surface area (Å²) in [6.45, 7) is 2.77. The van der Waals surface area contributed by atoms with E-state index < -0.39 is 0 Å². The van der Waals surface area contributed by atoms with Gasteiger partial charge in [0.25, 0.3) is 0 Å². The Morgan fingerprint density at radius 1 is 1.35 bits per heavy atom. The number of thiophene rings is 1. The van der Waals surface area contributed by atoms with Crippen molar-refractivity contribution in [2.24, 2.45) is 5.92 Å². The molecule has 2 aromatic heterocycles. The molecule has 7 nitrogen and oxygen atoms in total. The van der Waals surface area contributed by atoms with Crippen LogP contribution in [0, 0.1) is 5.92 Å². The van der Waals surface area contributed by atoms with Gasteiger partial charge in [0.05, 0.1) is 13.2 Å². The average molecular weight is 377 g/mol. The van der Waals surface area contributed by atoms with Crippen molar-refractivity contribution in [3.8, 4) is 11.4 Å². The number of ether oxygens (including phenoxy) is 2. The maximum atomic E-state index is 12.4. The summed E-state index contributed by atoms with van der Waals surface area (Å²) in [4.78, 5) is 18.7. The number of nitrogens with zero attached hydrogens (tertiary/aromatic N) is 3. The van der Waals surface area contributed by atoms with E-state index in [1.807, 2.05) is 21.7 Å². The van der Waals surface area contributed by atoms with E-state index in [9.17, 15) is 4.79 Å². The predicted molar refractivity (Wildman–Crippen MR) is 95.9 cm³/mol. The summed E-state index contributed by atoms with van der Waals surface area (Å²) >= 11 is 1.61. The van der Waals surface area contributed by atoms with Crippen LogP contribution in [0.25, 0.3) is 11.4 Å². The minimum absolute atomic E-state index is 0.0132. The van der Waals surface area contributed by atoms with E-state index in [4.69, 9.17) is 14.0 Å². The average Bonchev–Trinajstić information content (AvgIpc) is 3.34. The number of likely N-dealkylation sites (tertiary alicyclic amines) is 1. The van der Waals surface area contributed by atoms with Gasteiger partial charge in [-0.2, -0.15) is 16.3 Å². The smallest absolute Gasteiger partial charge is 0.410 e. The molecular weight excluding hydrogens is 354 g/mol. The maximum absolute atomic E-state index is 12.4. The molecule has 2 fully saturated rings. The van der Waals surface area contributed by atoms with Gasteiger partial charge < -0.3 is 18.9 Å². The summed E-state index contributed by atoms with van der Waals surface area (Å²) in [5.41, 5.74) is 0.982. The summed E-state index contributed by atoms with van der Waals surface area (Å²) in [6, 6.07) is 1.98. The van der Waals surface area contributed by atoms with Crippen molar-refractivity contribution in [2.45, 2.75) is 38.2 Å². The highest BCUT2D eigenvalue weighted by Crippen LogP contribution is 2.24. The van der Waals surface area contributed by atoms with Crippen LogP contribution in [0.4, 0.5) is 4.79 Å². The van der Waals surface area contributed by atoms with Gasteiger partial charge in [0.1, 0.15) is 6.10 Å². The second-order valence-corrected chi connectivity index (χ2v) is 7.66. The molecule has 8 heteroatoms. The number of carbonyl (C=O) groups excluding carboxylic acids is 1. The maximum Gasteiger partial charge on any atom is 0.410 e. The molecule has 2 aliphatic rings. The largest absolute Gasteiger partial charge is 0.446 e. The lowest BCUT2D eigenvalue weighted by Gasteiger charge is -2.33. The van der Waals surface area contributed by atoms with Gasteiger partial charge in [-0.15, -0.1) is 0 Å². The van der Waals surface area contributed by atoms with Crippen molar-refractivity contribution in [1.29, 1.82) is 0 Å². The molecule has 4 rings (SSSR count). The van der Waals surface area contributed by atoms with Gasteiger partial charge in [0.2, 0.25) is 11.7 Å². The van der Waals surface area contributed by atoms with Crippen LogP contribution >= 0.6 is 11.3 Å². The van der Waals surface area contributed by atoms with E-state index in [1.54, 1.807) is 11.3 Å². The zero-order chi connectivity index (χ0) is 17.8. The fraction of sp³-hybridized carbons (Fsp3) is 0.611. The number of hydrogen-bond donors (Lipinski definition) is 0. The molecule has 0 aromatic carbocycles. The Labute approximate surface area is 156 Å². The number of rotatable bonds is 4. The number of carbonyl (C=O) groups is 1. The predicted octanol–water partition coefficient (Wildman–Crippen LogP) is 3.37. The topological polar surface area (TPSA) is 77.7 Å². The first-order chi connectivity index (χ1) is 12.8. The Morgan fingerprint density at radius 2 is 2.23 bits per heavy atom. The molecule has 4 heterocycles. The van der Waals surface area contributed by atoms with Gasteiger partial charge in [0, 0.05) is 43.3 Å². The number of hydrogen-bond acceptors (Lipinski definition) is 7. The number of amides is 1. The summed E-state index contributed by atoms with van der Waals surface area (Å²) in [7, 11) is 0. The van der Waals surface area contributed by atoms with Crippen LogP contribution < -0.4 is 0 Å². The van der Waals surface area contributed by atoms with Crippen LogP contribution in [0.15, 0.2) is 21.3 Å². The zero-order valence-electron chi connectivity index (χ0n) is 14.6. The highest BCUT2D eigenvalue weighted by molar-refractivity contribution is 7.08. The fourth-order valence-electron chi connectivity index (χ4n) is 3.50. The number of aromatic nitrogens is 2. The highest BCUT2D eigenvalue weighted by atomic mass is 32.1. The van der Waals surface area contributed by atoms with Crippen molar-refractivity contribution in [1.82, 2.24) is 15.0 Å². The van der Waals surface area contributed by atoms with E-state index >= 15 is 0 Å². The molecule has 0 aliphatic carbocycles. The lowest BCUT2D eigenvalue weighted by molar-refractivity contribution is -0.0139. The molecule has 0 N–H and O–H groups in total. The van der Waals surface area contributed by atoms with E-state index in [1.165, 1.54) is 0 Å². The van der Waals surface area contributed by atoms with E-state index in [0.717, 1.165) is 37.8 Å². The molecule has 26 heavy (non-hydrogen) atoms. The number of piperidine rings is 1. The first-order valence-corrected chi connectivity index (χ1v) is 10.1. The van der Waals surface area contributed by atoms with Gasteiger partial charge in [0.15, 0.2) is 0 Å². The summed E-state index contributed by atoms with van der Waals surface area (Å²) < 4.78 is 16.4. The van der Waals surface area contributed by atoms with E-state index in [0.29, 0.717) is 43.8 Å². The third-order valence-electron chi connectivity index (χ3n) is 4.92. The van der Waals surface area contributed by atoms with Crippen molar-refractivity contribution in [3.63, 3.8) is 0 Å². The first kappa shape index (κ1) is 17.5. The SMILES string of the molecule is O=C(OC1CCOCC1)N1CCCC(Cc2nc(-c3ccsc3)no2)C1. The second-order valence-electron chi connectivity index (χ2n) is 6.88. The van der Waals surface area contributed by atoms with Gasteiger partial charge in [-0.05, 0) is 30.2 Å². The molecule has 1 unspecified atom stereocenters. The molecule has 140 valence electrons. The normalized spacial score (nSPS) is 21.7. The molecule has 1 amide bonds. The Kier molecular flexibility index (Phi) is 5.50. The molecule has 0 saturated carbocycles. The fourth-order valence-corrected chi connectivity index (χ4v) is 4.14. The minimum Gasteiger partial charge on any atom is -0.446 e. The van der Waals surface area contributed by atoms with Crippen LogP contribution in [0.2, 0.25) is 0 Å². The van der Waals surface area contributed by atoms with Crippen LogP contribution in [-0.2, 0) is 15.9 Å². The lowest BCUT2D eigenvalue weighted by atomic mass is 9.95. The molecule has 2 aliphatic heterocycles. The van der Waals surface area contributed by atoms with Crippen LogP contribution in [0.5, 0.6) is 0 Å². The van der Waals surface area contributed by atoms with Gasteiger partial charge in [-0.3, -0.25) is 0 Å². The Hall–Kier alpha value is -1.93. The van der Waals surface area contributed by atoms with Crippen LogP contribution in [0.1, 0.15) is 31.6 Å². The Morgan fingerprint density at radius 3 is 3.04 bits per heavy atom. The standard InChI is InChI=1S/C18H23N3O4S/c22-18(24-15-3-7-23-8-4-15)21-6-1-2-13(11-21)10-16-19-17(20-25-16)14-5-9-26-12-14/h5,9,12-13,15H,1-4,6-8,10-11H2. The zero-order valence-corrected chi connectivity index (χ0v) is 15.5. The van der Waals surface area contributed by atoms with Crippen molar-refractivity contribution in [3.05, 3.63) is 22.7 Å². The molecule has 2 aromatic rings.